The highest BCUT2D eigenvalue weighted by Gasteiger charge is 2.33. The van der Waals surface area contributed by atoms with Crippen LogP contribution in [-0.2, 0) is 11.2 Å². The minimum Gasteiger partial charge on any atom is -0.370 e. The lowest BCUT2D eigenvalue weighted by atomic mass is 9.98. The molecule has 0 radical (unpaired) electrons. The van der Waals surface area contributed by atoms with E-state index in [4.69, 9.17) is 5.73 Å². The SMILES string of the molecule is NC1=NC2C(Cc3cccnc3)=CN=C2C(=O)N1. The molecule has 1 unspecified atom stereocenters. The van der Waals surface area contributed by atoms with Gasteiger partial charge in [-0.2, -0.15) is 0 Å². The molecule has 6 nitrogen and oxygen atoms in total. The van der Waals surface area contributed by atoms with Crippen molar-refractivity contribution in [1.82, 2.24) is 10.3 Å². The van der Waals surface area contributed by atoms with E-state index in [0.29, 0.717) is 12.1 Å². The lowest BCUT2D eigenvalue weighted by molar-refractivity contribution is -0.113. The number of nitrogens with zero attached hydrogens (tertiary/aromatic N) is 3. The quantitative estimate of drug-likeness (QED) is 0.749. The second-order valence-corrected chi connectivity index (χ2v) is 4.13. The van der Waals surface area contributed by atoms with E-state index in [1.807, 2.05) is 12.1 Å². The number of carbonyl (C=O) groups is 1. The van der Waals surface area contributed by atoms with Crippen LogP contribution in [0.15, 0.2) is 46.3 Å². The van der Waals surface area contributed by atoms with Gasteiger partial charge in [-0.05, 0) is 23.6 Å². The molecule has 0 spiro atoms. The minimum atomic E-state index is -0.348. The first-order valence-electron chi connectivity index (χ1n) is 5.54. The topological polar surface area (TPSA) is 92.7 Å². The number of hydrogen-bond donors (Lipinski definition) is 2. The molecule has 1 aromatic heterocycles. The van der Waals surface area contributed by atoms with Gasteiger partial charge in [-0.3, -0.25) is 20.1 Å². The normalized spacial score (nSPS) is 21.7. The lowest BCUT2D eigenvalue weighted by Crippen LogP contribution is -2.49. The third-order valence-corrected chi connectivity index (χ3v) is 2.85. The Morgan fingerprint density at radius 2 is 2.33 bits per heavy atom. The van der Waals surface area contributed by atoms with Crippen LogP contribution in [0.5, 0.6) is 0 Å². The van der Waals surface area contributed by atoms with Gasteiger partial charge in [0.1, 0.15) is 11.8 Å². The second kappa shape index (κ2) is 4.06. The number of rotatable bonds is 2. The summed E-state index contributed by atoms with van der Waals surface area (Å²) in [6.07, 6.45) is 5.86. The molecule has 2 aliphatic rings. The maximum absolute atomic E-state index is 11.6. The van der Waals surface area contributed by atoms with Gasteiger partial charge >= 0.3 is 0 Å². The Hall–Kier alpha value is -2.50. The van der Waals surface area contributed by atoms with Crippen LogP contribution in [0.25, 0.3) is 0 Å². The summed E-state index contributed by atoms with van der Waals surface area (Å²) < 4.78 is 0. The molecule has 6 heteroatoms. The van der Waals surface area contributed by atoms with E-state index in [9.17, 15) is 4.79 Å². The fourth-order valence-electron chi connectivity index (χ4n) is 2.03. The monoisotopic (exact) mass is 241 g/mol. The molecule has 3 N–H and O–H groups in total. The van der Waals surface area contributed by atoms with Gasteiger partial charge in [0.15, 0.2) is 5.96 Å². The number of nitrogens with two attached hydrogens (primary N) is 1. The van der Waals surface area contributed by atoms with Gasteiger partial charge in [-0.15, -0.1) is 0 Å². The van der Waals surface area contributed by atoms with Gasteiger partial charge in [-0.1, -0.05) is 6.07 Å². The number of carbonyl (C=O) groups excluding carboxylic acids is 1. The molecule has 90 valence electrons. The highest BCUT2D eigenvalue weighted by atomic mass is 16.2. The van der Waals surface area contributed by atoms with Crippen molar-refractivity contribution < 1.29 is 4.79 Å². The molecule has 0 saturated carbocycles. The van der Waals surface area contributed by atoms with Crippen LogP contribution in [0.2, 0.25) is 0 Å². The second-order valence-electron chi connectivity index (χ2n) is 4.13. The molecule has 18 heavy (non-hydrogen) atoms. The van der Waals surface area contributed by atoms with Crippen LogP contribution >= 0.6 is 0 Å². The van der Waals surface area contributed by atoms with Crippen molar-refractivity contribution in [3.63, 3.8) is 0 Å². The van der Waals surface area contributed by atoms with Crippen LogP contribution in [0.3, 0.4) is 0 Å². The number of nitrogens with one attached hydrogen (secondary N) is 1. The van der Waals surface area contributed by atoms with Crippen LogP contribution in [0, 0.1) is 0 Å². The fourth-order valence-corrected chi connectivity index (χ4v) is 2.03. The summed E-state index contributed by atoms with van der Waals surface area (Å²) in [5, 5.41) is 2.45. The molecule has 1 aromatic rings. The maximum Gasteiger partial charge on any atom is 0.274 e. The number of guanidine groups is 1. The largest absolute Gasteiger partial charge is 0.370 e. The molecule has 0 aromatic carbocycles. The number of hydrogen-bond acceptors (Lipinski definition) is 5. The molecule has 3 heterocycles. The summed E-state index contributed by atoms with van der Waals surface area (Å²) in [7, 11) is 0. The zero-order chi connectivity index (χ0) is 12.5. The summed E-state index contributed by atoms with van der Waals surface area (Å²) >= 11 is 0. The van der Waals surface area contributed by atoms with Gasteiger partial charge < -0.3 is 5.73 Å². The van der Waals surface area contributed by atoms with Gasteiger partial charge in [0.25, 0.3) is 5.91 Å². The Bertz CT molecular complexity index is 588. The number of aromatic nitrogens is 1. The van der Waals surface area contributed by atoms with E-state index < -0.39 is 0 Å². The van der Waals surface area contributed by atoms with Gasteiger partial charge in [0.2, 0.25) is 0 Å². The molecule has 0 bridgehead atoms. The van der Waals surface area contributed by atoms with Crippen molar-refractivity contribution in [3.05, 3.63) is 41.9 Å². The molecule has 0 aliphatic carbocycles. The summed E-state index contributed by atoms with van der Waals surface area (Å²) in [6.45, 7) is 0. The average molecular weight is 241 g/mol. The summed E-state index contributed by atoms with van der Waals surface area (Å²) in [4.78, 5) is 24.0. The molecule has 2 aliphatic heterocycles. The number of pyridine rings is 1. The van der Waals surface area contributed by atoms with E-state index >= 15 is 0 Å². The Morgan fingerprint density at radius 1 is 1.44 bits per heavy atom. The Kier molecular flexibility index (Phi) is 2.40. The summed E-state index contributed by atoms with van der Waals surface area (Å²) in [5.41, 5.74) is 7.98. The fraction of sp³-hybridized carbons (Fsp3) is 0.167. The smallest absolute Gasteiger partial charge is 0.274 e. The first kappa shape index (κ1) is 10.6. The van der Waals surface area contributed by atoms with E-state index in [-0.39, 0.29) is 17.9 Å². The maximum atomic E-state index is 11.6. The van der Waals surface area contributed by atoms with Crippen molar-refractivity contribution in [1.29, 1.82) is 0 Å². The Labute approximate surface area is 103 Å². The van der Waals surface area contributed by atoms with E-state index in [0.717, 1.165) is 11.1 Å². The number of amides is 1. The third-order valence-electron chi connectivity index (χ3n) is 2.85. The van der Waals surface area contributed by atoms with Crippen molar-refractivity contribution in [2.75, 3.05) is 0 Å². The zero-order valence-corrected chi connectivity index (χ0v) is 9.50. The molecule has 1 amide bonds. The number of fused-ring (bicyclic) bond motifs is 1. The van der Waals surface area contributed by atoms with Crippen LogP contribution in [-0.4, -0.2) is 28.6 Å². The molecule has 1 atom stereocenters. The average Bonchev–Trinajstić information content (AvgIpc) is 2.74. The van der Waals surface area contributed by atoms with Crippen molar-refractivity contribution in [2.24, 2.45) is 15.7 Å². The zero-order valence-electron chi connectivity index (χ0n) is 9.50. The van der Waals surface area contributed by atoms with Crippen molar-refractivity contribution in [2.45, 2.75) is 12.5 Å². The molecular weight excluding hydrogens is 230 g/mol. The highest BCUT2D eigenvalue weighted by Crippen LogP contribution is 2.22. The molecule has 0 saturated heterocycles. The summed E-state index contributed by atoms with van der Waals surface area (Å²) in [5.74, 6) is -0.132. The molecule has 0 fully saturated rings. The predicted octanol–water partition coefficient (Wildman–Crippen LogP) is -0.224. The third kappa shape index (κ3) is 1.77. The first-order chi connectivity index (χ1) is 8.74. The molecule has 3 rings (SSSR count). The number of aliphatic imine (C=N–C) groups is 2. The van der Waals surface area contributed by atoms with Crippen LogP contribution in [0.1, 0.15) is 5.56 Å². The van der Waals surface area contributed by atoms with Gasteiger partial charge in [0, 0.05) is 18.6 Å². The van der Waals surface area contributed by atoms with E-state index in [2.05, 4.69) is 20.3 Å². The van der Waals surface area contributed by atoms with Crippen molar-refractivity contribution >= 4 is 17.6 Å². The van der Waals surface area contributed by atoms with Crippen molar-refractivity contribution in [3.8, 4) is 0 Å². The lowest BCUT2D eigenvalue weighted by Gasteiger charge is -2.18. The van der Waals surface area contributed by atoms with E-state index in [1.165, 1.54) is 0 Å². The first-order valence-corrected chi connectivity index (χ1v) is 5.54. The Morgan fingerprint density at radius 3 is 3.11 bits per heavy atom. The minimum absolute atomic E-state index is 0.142. The van der Waals surface area contributed by atoms with Crippen LogP contribution in [0.4, 0.5) is 0 Å². The van der Waals surface area contributed by atoms with E-state index in [1.54, 1.807) is 18.6 Å². The standard InChI is InChI=1S/C12H11N5O/c13-12-16-9-8(4-7-2-1-3-14-5-7)6-15-10(9)11(18)17-12/h1-3,5-6,9H,4H2,(H3,13,16,17,18). The van der Waals surface area contributed by atoms with Gasteiger partial charge in [0.05, 0.1) is 0 Å². The van der Waals surface area contributed by atoms with Crippen LogP contribution < -0.4 is 11.1 Å². The highest BCUT2D eigenvalue weighted by molar-refractivity contribution is 6.46. The Balaban J connectivity index is 1.85. The van der Waals surface area contributed by atoms with Gasteiger partial charge in [-0.25, -0.2) is 4.99 Å². The predicted molar refractivity (Wildman–Crippen MR) is 67.0 cm³/mol. The molecular formula is C12H11N5O. The summed E-state index contributed by atoms with van der Waals surface area (Å²) in [6, 6.07) is 3.50.